The first kappa shape index (κ1) is 22.9. The van der Waals surface area contributed by atoms with Crippen molar-refractivity contribution in [2.75, 3.05) is 6.54 Å². The van der Waals surface area contributed by atoms with E-state index in [1.807, 2.05) is 29.0 Å². The molecule has 1 fully saturated rings. The molecule has 1 aliphatic heterocycles. The van der Waals surface area contributed by atoms with Crippen LogP contribution in [0.25, 0.3) is 0 Å². The maximum absolute atomic E-state index is 13.9. The molecule has 2 aromatic rings. The average Bonchev–Trinajstić information content (AvgIpc) is 2.66. The fourth-order valence-electron chi connectivity index (χ4n) is 3.47. The van der Waals surface area contributed by atoms with Gasteiger partial charge in [0, 0.05) is 12.6 Å². The quantitative estimate of drug-likeness (QED) is 0.733. The maximum atomic E-state index is 13.9. The highest BCUT2D eigenvalue weighted by Gasteiger charge is 2.50. The van der Waals surface area contributed by atoms with E-state index in [0.717, 1.165) is 23.3 Å². The van der Waals surface area contributed by atoms with Gasteiger partial charge in [-0.2, -0.15) is 0 Å². The van der Waals surface area contributed by atoms with Crippen LogP contribution in [-0.4, -0.2) is 37.2 Å². The number of halogens is 2. The number of carbonyl (C=O) groups excluding carboxylic acids is 2. The minimum atomic E-state index is -4.57. The maximum Gasteiger partial charge on any atom is 0.267 e. The van der Waals surface area contributed by atoms with Gasteiger partial charge in [0.05, 0.1) is 6.42 Å². The molecule has 0 aromatic heterocycles. The second-order valence-electron chi connectivity index (χ2n) is 8.15. The van der Waals surface area contributed by atoms with Crippen molar-refractivity contribution >= 4 is 21.8 Å². The van der Waals surface area contributed by atoms with Gasteiger partial charge < -0.3 is 4.90 Å². The Kier molecular flexibility index (Phi) is 6.18. The van der Waals surface area contributed by atoms with Crippen LogP contribution in [0.3, 0.4) is 0 Å². The van der Waals surface area contributed by atoms with Gasteiger partial charge in [-0.1, -0.05) is 38.1 Å². The predicted molar refractivity (Wildman–Crippen MR) is 111 cm³/mol. The lowest BCUT2D eigenvalue weighted by molar-refractivity contribution is -0.156. The van der Waals surface area contributed by atoms with Crippen LogP contribution in [0.2, 0.25) is 0 Å². The molecule has 166 valence electrons. The second-order valence-corrected chi connectivity index (χ2v) is 9.80. The number of rotatable bonds is 6. The summed E-state index contributed by atoms with van der Waals surface area (Å²) in [6.07, 6.45) is 0.332. The van der Waals surface area contributed by atoms with E-state index in [9.17, 15) is 26.8 Å². The first-order valence-corrected chi connectivity index (χ1v) is 11.3. The molecule has 1 N–H and O–H groups in total. The molecule has 1 atom stereocenters. The van der Waals surface area contributed by atoms with Gasteiger partial charge >= 0.3 is 0 Å². The Morgan fingerprint density at radius 3 is 2.29 bits per heavy atom. The van der Waals surface area contributed by atoms with Crippen molar-refractivity contribution in [3.8, 4) is 0 Å². The normalized spacial score (nSPS) is 18.6. The highest BCUT2D eigenvalue weighted by molar-refractivity contribution is 7.90. The number of likely N-dealkylation sites (tertiary alicyclic amines) is 1. The molecule has 0 aliphatic carbocycles. The molecule has 1 heterocycles. The van der Waals surface area contributed by atoms with Gasteiger partial charge in [0.15, 0.2) is 0 Å². The Bertz CT molecular complexity index is 1120. The van der Waals surface area contributed by atoms with Gasteiger partial charge in [-0.15, -0.1) is 0 Å². The SMILES string of the molecule is CC(C)c1ccc(CC(=O)N2CCC2(C)C(=O)NS(=O)(=O)c2ccc(F)cc2F)cc1. The number of hydrogen-bond acceptors (Lipinski definition) is 4. The number of benzene rings is 2. The van der Waals surface area contributed by atoms with Crippen molar-refractivity contribution in [2.45, 2.75) is 50.0 Å². The molecule has 1 unspecified atom stereocenters. The van der Waals surface area contributed by atoms with Crippen LogP contribution < -0.4 is 4.72 Å². The van der Waals surface area contributed by atoms with E-state index in [1.165, 1.54) is 11.8 Å². The van der Waals surface area contributed by atoms with E-state index in [1.54, 1.807) is 0 Å². The number of nitrogens with zero attached hydrogens (tertiary/aromatic N) is 1. The largest absolute Gasteiger partial charge is 0.328 e. The van der Waals surface area contributed by atoms with E-state index in [0.29, 0.717) is 18.5 Å². The van der Waals surface area contributed by atoms with E-state index in [2.05, 4.69) is 13.8 Å². The molecule has 6 nitrogen and oxygen atoms in total. The number of sulfonamides is 1. The van der Waals surface area contributed by atoms with Crippen LogP contribution in [0.4, 0.5) is 8.78 Å². The summed E-state index contributed by atoms with van der Waals surface area (Å²) in [6, 6.07) is 9.54. The molecule has 0 saturated carbocycles. The molecule has 1 saturated heterocycles. The van der Waals surface area contributed by atoms with E-state index < -0.39 is 38.0 Å². The van der Waals surface area contributed by atoms with Crippen molar-refractivity contribution in [1.29, 1.82) is 0 Å². The van der Waals surface area contributed by atoms with Gasteiger partial charge in [0.1, 0.15) is 22.1 Å². The van der Waals surface area contributed by atoms with Crippen LogP contribution in [0.5, 0.6) is 0 Å². The Balaban J connectivity index is 1.71. The average molecular weight is 451 g/mol. The first-order chi connectivity index (χ1) is 14.4. The summed E-state index contributed by atoms with van der Waals surface area (Å²) in [5.41, 5.74) is 0.547. The van der Waals surface area contributed by atoms with E-state index in [-0.39, 0.29) is 18.7 Å². The van der Waals surface area contributed by atoms with Gasteiger partial charge in [-0.25, -0.2) is 21.9 Å². The lowest BCUT2D eigenvalue weighted by atomic mass is 9.85. The number of hydrogen-bond donors (Lipinski definition) is 1. The topological polar surface area (TPSA) is 83.6 Å². The van der Waals surface area contributed by atoms with Crippen molar-refractivity contribution in [1.82, 2.24) is 9.62 Å². The summed E-state index contributed by atoms with van der Waals surface area (Å²) in [6.45, 7) is 5.90. The summed E-state index contributed by atoms with van der Waals surface area (Å²) in [5.74, 6) is -3.14. The summed E-state index contributed by atoms with van der Waals surface area (Å²) in [7, 11) is -4.57. The van der Waals surface area contributed by atoms with Gasteiger partial charge in [0.25, 0.3) is 15.9 Å². The monoisotopic (exact) mass is 450 g/mol. The van der Waals surface area contributed by atoms with Crippen molar-refractivity contribution in [2.24, 2.45) is 0 Å². The van der Waals surface area contributed by atoms with E-state index in [4.69, 9.17) is 0 Å². The molecular weight excluding hydrogens is 426 g/mol. The van der Waals surface area contributed by atoms with Crippen LogP contribution in [-0.2, 0) is 26.0 Å². The number of nitrogens with one attached hydrogen (secondary N) is 1. The summed E-state index contributed by atoms with van der Waals surface area (Å²) < 4.78 is 53.6. The highest BCUT2D eigenvalue weighted by Crippen LogP contribution is 2.32. The zero-order chi connectivity index (χ0) is 23.0. The van der Waals surface area contributed by atoms with Crippen molar-refractivity contribution < 1.29 is 26.8 Å². The minimum Gasteiger partial charge on any atom is -0.328 e. The third-order valence-corrected chi connectivity index (χ3v) is 6.98. The lowest BCUT2D eigenvalue weighted by Gasteiger charge is -2.49. The highest BCUT2D eigenvalue weighted by atomic mass is 32.2. The zero-order valence-corrected chi connectivity index (χ0v) is 18.3. The fraction of sp³-hybridized carbons (Fsp3) is 0.364. The Hall–Kier alpha value is -2.81. The van der Waals surface area contributed by atoms with Crippen LogP contribution in [0.1, 0.15) is 44.2 Å². The van der Waals surface area contributed by atoms with E-state index >= 15 is 0 Å². The summed E-state index contributed by atoms with van der Waals surface area (Å²) in [5, 5.41) is 0. The third kappa shape index (κ3) is 4.61. The smallest absolute Gasteiger partial charge is 0.267 e. The summed E-state index contributed by atoms with van der Waals surface area (Å²) in [4.78, 5) is 26.0. The Labute approximate surface area is 180 Å². The molecule has 0 spiro atoms. The molecule has 0 bridgehead atoms. The first-order valence-electron chi connectivity index (χ1n) is 9.85. The Morgan fingerprint density at radius 1 is 1.13 bits per heavy atom. The van der Waals surface area contributed by atoms with Crippen LogP contribution in [0.15, 0.2) is 47.4 Å². The lowest BCUT2D eigenvalue weighted by Crippen LogP contribution is -2.68. The van der Waals surface area contributed by atoms with Crippen LogP contribution >= 0.6 is 0 Å². The summed E-state index contributed by atoms with van der Waals surface area (Å²) >= 11 is 0. The molecule has 0 radical (unpaired) electrons. The fourth-order valence-corrected chi connectivity index (χ4v) is 4.60. The number of carbonyl (C=O) groups is 2. The minimum absolute atomic E-state index is 0.0700. The molecule has 2 amide bonds. The van der Waals surface area contributed by atoms with Crippen molar-refractivity contribution in [3.05, 3.63) is 65.2 Å². The van der Waals surface area contributed by atoms with Gasteiger partial charge in [0.2, 0.25) is 5.91 Å². The Morgan fingerprint density at radius 2 is 1.77 bits per heavy atom. The zero-order valence-electron chi connectivity index (χ0n) is 17.5. The predicted octanol–water partition coefficient (Wildman–Crippen LogP) is 3.13. The second kappa shape index (κ2) is 8.37. The molecule has 1 aliphatic rings. The van der Waals surface area contributed by atoms with Gasteiger partial charge in [-0.05, 0) is 42.5 Å². The molecule has 9 heteroatoms. The van der Waals surface area contributed by atoms with Crippen molar-refractivity contribution in [3.63, 3.8) is 0 Å². The van der Waals surface area contributed by atoms with Crippen LogP contribution in [0, 0.1) is 11.6 Å². The molecule has 3 rings (SSSR count). The number of amides is 2. The standard InChI is InChI=1S/C22H24F2N2O4S/c1-14(2)16-6-4-15(5-7-16)12-20(27)26-11-10-22(26,3)21(28)25-31(29,30)19-9-8-17(23)13-18(19)24/h4-9,13-14H,10-12H2,1-3H3,(H,25,28). The molecule has 31 heavy (non-hydrogen) atoms. The molecular formula is C22H24F2N2O4S. The molecule has 2 aromatic carbocycles. The third-order valence-electron chi connectivity index (χ3n) is 5.62. The van der Waals surface area contributed by atoms with Gasteiger partial charge in [-0.3, -0.25) is 9.59 Å².